The molecule has 1 rings (SSSR count). The van der Waals surface area contributed by atoms with Crippen LogP contribution in [0.1, 0.15) is 12.5 Å². The quantitative estimate of drug-likeness (QED) is 0.832. The monoisotopic (exact) mass is 243 g/mol. The van der Waals surface area contributed by atoms with Crippen LogP contribution < -0.4 is 0 Å². The fourth-order valence-corrected chi connectivity index (χ4v) is 1.52. The molecule has 0 aliphatic rings. The van der Waals surface area contributed by atoms with Crippen molar-refractivity contribution in [3.8, 4) is 0 Å². The maximum Gasteiger partial charge on any atom is 0.317 e. The molecule has 0 saturated carbocycles. The smallest absolute Gasteiger partial charge is 0.317 e. The van der Waals surface area contributed by atoms with E-state index in [2.05, 4.69) is 0 Å². The number of hydrogen-bond donors (Lipinski definition) is 1. The summed E-state index contributed by atoms with van der Waals surface area (Å²) in [5, 5.41) is 8.60. The summed E-state index contributed by atoms with van der Waals surface area (Å²) in [6, 6.07) is 7.42. The number of rotatable bonds is 6. The van der Waals surface area contributed by atoms with Gasteiger partial charge in [-0.2, -0.15) is 8.78 Å². The summed E-state index contributed by atoms with van der Waals surface area (Å²) in [5.74, 6) is -4.14. The Kier molecular flexibility index (Phi) is 4.57. The van der Waals surface area contributed by atoms with E-state index in [1.807, 2.05) is 0 Å². The van der Waals surface area contributed by atoms with E-state index in [-0.39, 0.29) is 18.7 Å². The third kappa shape index (κ3) is 4.11. The second-order valence-corrected chi connectivity index (χ2v) is 3.77. The molecule has 0 aliphatic heterocycles. The topological polar surface area (TPSA) is 40.5 Å². The van der Waals surface area contributed by atoms with Crippen LogP contribution in [0.5, 0.6) is 0 Å². The van der Waals surface area contributed by atoms with Crippen molar-refractivity contribution in [3.63, 3.8) is 0 Å². The highest BCUT2D eigenvalue weighted by atomic mass is 19.3. The minimum Gasteiger partial charge on any atom is -0.480 e. The van der Waals surface area contributed by atoms with Gasteiger partial charge in [-0.25, -0.2) is 0 Å². The summed E-state index contributed by atoms with van der Waals surface area (Å²) in [6.45, 7) is 0.970. The molecule has 0 atom stereocenters. The standard InChI is InChI=1S/C12H15F2NO2/c1-2-15(8-11(16)17)9-12(13,14)10-6-4-3-5-7-10/h3-7H,2,8-9H2,1H3,(H,16,17). The van der Waals surface area contributed by atoms with Crippen molar-refractivity contribution in [2.24, 2.45) is 0 Å². The average Bonchev–Trinajstić information content (AvgIpc) is 2.28. The lowest BCUT2D eigenvalue weighted by Gasteiger charge is -2.25. The molecule has 0 aromatic heterocycles. The minimum atomic E-state index is -3.04. The molecule has 94 valence electrons. The molecule has 0 fully saturated rings. The number of benzene rings is 1. The minimum absolute atomic E-state index is 0.0937. The van der Waals surface area contributed by atoms with Crippen LogP contribution in [0, 0.1) is 0 Å². The van der Waals surface area contributed by atoms with Gasteiger partial charge in [0.1, 0.15) is 0 Å². The second-order valence-electron chi connectivity index (χ2n) is 3.77. The van der Waals surface area contributed by atoms with E-state index >= 15 is 0 Å². The Balaban J connectivity index is 2.74. The molecule has 1 aromatic rings. The molecule has 0 amide bonds. The van der Waals surface area contributed by atoms with E-state index < -0.39 is 18.4 Å². The first kappa shape index (κ1) is 13.6. The number of aliphatic carboxylic acids is 1. The van der Waals surface area contributed by atoms with E-state index in [0.29, 0.717) is 0 Å². The van der Waals surface area contributed by atoms with Gasteiger partial charge in [0.15, 0.2) is 0 Å². The summed E-state index contributed by atoms with van der Waals surface area (Å²) in [5.41, 5.74) is -0.0937. The Labute approximate surface area is 98.7 Å². The third-order valence-corrected chi connectivity index (χ3v) is 2.42. The molecule has 0 aliphatic carbocycles. The van der Waals surface area contributed by atoms with Gasteiger partial charge in [-0.3, -0.25) is 9.69 Å². The normalized spacial score (nSPS) is 11.8. The molecule has 3 nitrogen and oxygen atoms in total. The highest BCUT2D eigenvalue weighted by Gasteiger charge is 2.33. The van der Waals surface area contributed by atoms with Crippen molar-refractivity contribution in [2.45, 2.75) is 12.8 Å². The van der Waals surface area contributed by atoms with Crippen LogP contribution in [-0.4, -0.2) is 35.6 Å². The van der Waals surface area contributed by atoms with Gasteiger partial charge in [-0.15, -0.1) is 0 Å². The van der Waals surface area contributed by atoms with E-state index in [1.165, 1.54) is 29.2 Å². The number of carbonyl (C=O) groups is 1. The molecular weight excluding hydrogens is 228 g/mol. The zero-order chi connectivity index (χ0) is 12.9. The van der Waals surface area contributed by atoms with Crippen molar-refractivity contribution >= 4 is 5.97 Å². The zero-order valence-corrected chi connectivity index (χ0v) is 9.57. The van der Waals surface area contributed by atoms with Crippen molar-refractivity contribution < 1.29 is 18.7 Å². The molecule has 0 unspecified atom stereocenters. The Morgan fingerprint density at radius 2 is 1.94 bits per heavy atom. The Morgan fingerprint density at radius 3 is 2.41 bits per heavy atom. The van der Waals surface area contributed by atoms with Gasteiger partial charge < -0.3 is 5.11 Å². The van der Waals surface area contributed by atoms with Gasteiger partial charge in [-0.1, -0.05) is 37.3 Å². The number of carboxylic acid groups (broad SMARTS) is 1. The summed E-state index contributed by atoms with van der Waals surface area (Å²) in [7, 11) is 0. The van der Waals surface area contributed by atoms with Crippen LogP contribution >= 0.6 is 0 Å². The lowest BCUT2D eigenvalue weighted by molar-refractivity contribution is -0.139. The molecule has 1 N–H and O–H groups in total. The zero-order valence-electron chi connectivity index (χ0n) is 9.57. The largest absolute Gasteiger partial charge is 0.480 e. The summed E-state index contributed by atoms with van der Waals surface area (Å²) in [4.78, 5) is 11.7. The Morgan fingerprint density at radius 1 is 1.35 bits per heavy atom. The summed E-state index contributed by atoms with van der Waals surface area (Å²) < 4.78 is 27.6. The van der Waals surface area contributed by atoms with E-state index in [4.69, 9.17) is 5.11 Å². The molecule has 0 bridgehead atoms. The van der Waals surface area contributed by atoms with Crippen molar-refractivity contribution in [2.75, 3.05) is 19.6 Å². The van der Waals surface area contributed by atoms with Gasteiger partial charge in [0.2, 0.25) is 0 Å². The number of carboxylic acids is 1. The van der Waals surface area contributed by atoms with Crippen LogP contribution in [0.25, 0.3) is 0 Å². The van der Waals surface area contributed by atoms with Gasteiger partial charge in [0, 0.05) is 5.56 Å². The maximum absolute atomic E-state index is 13.8. The van der Waals surface area contributed by atoms with Crippen LogP contribution in [0.3, 0.4) is 0 Å². The number of hydrogen-bond acceptors (Lipinski definition) is 2. The molecule has 0 saturated heterocycles. The second kappa shape index (κ2) is 5.72. The molecule has 0 spiro atoms. The molecular formula is C12H15F2NO2. The number of alkyl halides is 2. The van der Waals surface area contributed by atoms with Gasteiger partial charge in [0.05, 0.1) is 13.1 Å². The van der Waals surface area contributed by atoms with Crippen molar-refractivity contribution in [1.82, 2.24) is 4.90 Å². The Bertz CT molecular complexity index is 368. The lowest BCUT2D eigenvalue weighted by Crippen LogP contribution is -2.38. The fraction of sp³-hybridized carbons (Fsp3) is 0.417. The summed E-state index contributed by atoms with van der Waals surface area (Å²) in [6.07, 6.45) is 0. The van der Waals surface area contributed by atoms with Crippen LogP contribution in [0.2, 0.25) is 0 Å². The molecule has 5 heteroatoms. The molecule has 0 heterocycles. The summed E-state index contributed by atoms with van der Waals surface area (Å²) >= 11 is 0. The van der Waals surface area contributed by atoms with Gasteiger partial charge >= 0.3 is 5.97 Å². The van der Waals surface area contributed by atoms with Crippen LogP contribution in [0.15, 0.2) is 30.3 Å². The SMILES string of the molecule is CCN(CC(=O)O)CC(F)(F)c1ccccc1. The van der Waals surface area contributed by atoms with Crippen molar-refractivity contribution in [1.29, 1.82) is 0 Å². The molecule has 1 aromatic carbocycles. The molecule has 0 radical (unpaired) electrons. The predicted octanol–water partition coefficient (Wildman–Crippen LogP) is 2.18. The highest BCUT2D eigenvalue weighted by Crippen LogP contribution is 2.28. The first-order valence-electron chi connectivity index (χ1n) is 5.33. The maximum atomic E-state index is 13.8. The Hall–Kier alpha value is -1.49. The molecule has 17 heavy (non-hydrogen) atoms. The third-order valence-electron chi connectivity index (χ3n) is 2.42. The number of nitrogens with zero attached hydrogens (tertiary/aromatic N) is 1. The number of halogens is 2. The lowest BCUT2D eigenvalue weighted by atomic mass is 10.1. The van der Waals surface area contributed by atoms with E-state index in [9.17, 15) is 13.6 Å². The van der Waals surface area contributed by atoms with Gasteiger partial charge in [-0.05, 0) is 6.54 Å². The fourth-order valence-electron chi connectivity index (χ4n) is 1.52. The van der Waals surface area contributed by atoms with Gasteiger partial charge in [0.25, 0.3) is 5.92 Å². The average molecular weight is 243 g/mol. The van der Waals surface area contributed by atoms with Crippen LogP contribution in [-0.2, 0) is 10.7 Å². The highest BCUT2D eigenvalue weighted by molar-refractivity contribution is 5.69. The predicted molar refractivity (Wildman–Crippen MR) is 60.1 cm³/mol. The first-order valence-corrected chi connectivity index (χ1v) is 5.33. The van der Waals surface area contributed by atoms with E-state index in [1.54, 1.807) is 13.0 Å². The first-order chi connectivity index (χ1) is 7.95. The van der Waals surface area contributed by atoms with Crippen LogP contribution in [0.4, 0.5) is 8.78 Å². The number of likely N-dealkylation sites (N-methyl/N-ethyl adjacent to an activating group) is 1. The van der Waals surface area contributed by atoms with Crippen molar-refractivity contribution in [3.05, 3.63) is 35.9 Å². The van der Waals surface area contributed by atoms with E-state index in [0.717, 1.165) is 0 Å².